The van der Waals surface area contributed by atoms with Crippen molar-refractivity contribution in [3.8, 4) is 5.75 Å². The van der Waals surface area contributed by atoms with Crippen LogP contribution in [0, 0.1) is 0 Å². The van der Waals surface area contributed by atoms with Crippen LogP contribution in [0.4, 0.5) is 5.82 Å². The normalized spacial score (nSPS) is 15.5. The van der Waals surface area contributed by atoms with Crippen LogP contribution in [0.25, 0.3) is 10.9 Å². The van der Waals surface area contributed by atoms with E-state index in [1.54, 1.807) is 18.6 Å². The second-order valence-corrected chi connectivity index (χ2v) is 3.07. The van der Waals surface area contributed by atoms with Gasteiger partial charge in [-0.15, -0.1) is 0 Å². The highest BCUT2D eigenvalue weighted by molar-refractivity contribution is 5.95. The first-order chi connectivity index (χ1) is 7.45. The quantitative estimate of drug-likeness (QED) is 0.650. The molecule has 1 aromatic heterocycles. The van der Waals surface area contributed by atoms with Crippen LogP contribution in [0.3, 0.4) is 0 Å². The van der Waals surface area contributed by atoms with Crippen LogP contribution in [0.15, 0.2) is 41.9 Å². The van der Waals surface area contributed by atoms with Gasteiger partial charge in [-0.3, -0.25) is 0 Å². The number of benzene rings is 1. The Morgan fingerprint density at radius 3 is 3.13 bits per heavy atom. The first-order valence-corrected chi connectivity index (χ1v) is 4.55. The van der Waals surface area contributed by atoms with E-state index in [4.69, 9.17) is 4.74 Å². The van der Waals surface area contributed by atoms with Crippen molar-refractivity contribution in [2.24, 2.45) is 4.99 Å². The largest absolute Gasteiger partial charge is 0.464 e. The molecular weight excluding hydrogens is 190 g/mol. The third-order valence-electron chi connectivity index (χ3n) is 2.16. The number of aliphatic imine (C=N–C) groups is 1. The van der Waals surface area contributed by atoms with Crippen molar-refractivity contribution in [3.63, 3.8) is 0 Å². The van der Waals surface area contributed by atoms with Crippen LogP contribution in [-0.4, -0.2) is 16.2 Å². The Morgan fingerprint density at radius 1 is 1.13 bits per heavy atom. The molecule has 0 spiro atoms. The maximum absolute atomic E-state index is 5.45. The highest BCUT2D eigenvalue weighted by Crippen LogP contribution is 2.31. The first kappa shape index (κ1) is 8.11. The van der Waals surface area contributed by atoms with Crippen molar-refractivity contribution >= 4 is 22.9 Å². The van der Waals surface area contributed by atoms with E-state index in [1.807, 2.05) is 18.2 Å². The average molecular weight is 197 g/mol. The van der Waals surface area contributed by atoms with Crippen LogP contribution in [0.5, 0.6) is 5.75 Å². The summed E-state index contributed by atoms with van der Waals surface area (Å²) in [6.07, 6.45) is 6.47. The monoisotopic (exact) mass is 197 g/mol. The van der Waals surface area contributed by atoms with Gasteiger partial charge in [-0.1, -0.05) is 6.07 Å². The molecule has 0 amide bonds. The number of hydrogen-bond donors (Lipinski definition) is 0. The lowest BCUT2D eigenvalue weighted by atomic mass is 10.2. The second kappa shape index (κ2) is 3.16. The highest BCUT2D eigenvalue weighted by atomic mass is 16.5. The summed E-state index contributed by atoms with van der Waals surface area (Å²) >= 11 is 0. The highest BCUT2D eigenvalue weighted by Gasteiger charge is 2.08. The van der Waals surface area contributed by atoms with Gasteiger partial charge >= 0.3 is 0 Å². The van der Waals surface area contributed by atoms with E-state index >= 15 is 0 Å². The van der Waals surface area contributed by atoms with Gasteiger partial charge in [0, 0.05) is 6.21 Å². The first-order valence-electron chi connectivity index (χ1n) is 4.55. The molecule has 1 aromatic carbocycles. The minimum atomic E-state index is 0.639. The summed E-state index contributed by atoms with van der Waals surface area (Å²) < 4.78 is 5.45. The summed E-state index contributed by atoms with van der Waals surface area (Å²) in [4.78, 5) is 12.5. The summed E-state index contributed by atoms with van der Waals surface area (Å²) in [6.45, 7) is 0. The molecule has 2 aromatic rings. The maximum atomic E-state index is 5.45. The van der Waals surface area contributed by atoms with E-state index < -0.39 is 0 Å². The number of hydrogen-bond acceptors (Lipinski definition) is 4. The van der Waals surface area contributed by atoms with Crippen LogP contribution in [0.2, 0.25) is 0 Å². The summed E-state index contributed by atoms with van der Waals surface area (Å²) in [5.74, 6) is 1.37. The minimum Gasteiger partial charge on any atom is -0.464 e. The van der Waals surface area contributed by atoms with E-state index in [9.17, 15) is 0 Å². The van der Waals surface area contributed by atoms with Crippen LogP contribution in [-0.2, 0) is 0 Å². The smallest absolute Gasteiger partial charge is 0.166 e. The Hall–Kier alpha value is -2.23. The predicted molar refractivity (Wildman–Crippen MR) is 57.5 cm³/mol. The Labute approximate surface area is 86.0 Å². The topological polar surface area (TPSA) is 47.4 Å². The molecule has 0 aliphatic carbocycles. The van der Waals surface area contributed by atoms with Crippen LogP contribution < -0.4 is 4.74 Å². The van der Waals surface area contributed by atoms with Crippen LogP contribution >= 0.6 is 0 Å². The molecule has 72 valence electrons. The molecule has 0 bridgehead atoms. The number of aromatic nitrogens is 2. The molecule has 2 heterocycles. The summed E-state index contributed by atoms with van der Waals surface area (Å²) in [5, 5.41) is 0.848. The molecule has 1 aliphatic rings. The molecule has 3 rings (SSSR count). The molecular formula is C11H7N3O. The van der Waals surface area contributed by atoms with Gasteiger partial charge in [-0.2, -0.15) is 0 Å². The van der Waals surface area contributed by atoms with Crippen molar-refractivity contribution in [2.45, 2.75) is 0 Å². The van der Waals surface area contributed by atoms with E-state index in [0.717, 1.165) is 16.7 Å². The maximum Gasteiger partial charge on any atom is 0.166 e. The lowest BCUT2D eigenvalue weighted by Gasteiger charge is -2.07. The van der Waals surface area contributed by atoms with Gasteiger partial charge in [0.2, 0.25) is 0 Å². The molecule has 0 saturated carbocycles. The molecule has 0 unspecified atom stereocenters. The zero-order chi connectivity index (χ0) is 10.1. The minimum absolute atomic E-state index is 0.639. The van der Waals surface area contributed by atoms with Crippen LogP contribution in [0.1, 0.15) is 0 Å². The molecule has 15 heavy (non-hydrogen) atoms. The third-order valence-corrected chi connectivity index (χ3v) is 2.16. The number of ether oxygens (including phenoxy) is 1. The zero-order valence-electron chi connectivity index (χ0n) is 7.79. The number of rotatable bonds is 0. The third kappa shape index (κ3) is 1.27. The fourth-order valence-electron chi connectivity index (χ4n) is 1.52. The molecule has 0 N–H and O–H groups in total. The standard InChI is InChI=1S/C11H7N3O/c1-3-8-10-9(4-1)15-6-2-5-12-11(10)14-7-13-8/h1-7H/b6-2-,12-5?. The molecule has 0 fully saturated rings. The number of allylic oxidation sites excluding steroid dienone is 1. The average Bonchev–Trinajstić information content (AvgIpc) is 2.25. The fraction of sp³-hybridized carbons (Fsp3) is 0. The van der Waals surface area contributed by atoms with E-state index in [-0.39, 0.29) is 0 Å². The van der Waals surface area contributed by atoms with Gasteiger partial charge in [-0.05, 0) is 18.2 Å². The SMILES string of the molecule is C1=Nc2ncnc3cccc(c23)O/C=C\1. The molecule has 0 atom stereocenters. The van der Waals surface area contributed by atoms with Gasteiger partial charge in [0.15, 0.2) is 5.82 Å². The Kier molecular flexibility index (Phi) is 1.71. The van der Waals surface area contributed by atoms with Gasteiger partial charge in [0.1, 0.15) is 12.1 Å². The van der Waals surface area contributed by atoms with Gasteiger partial charge in [0.25, 0.3) is 0 Å². The Bertz CT molecular complexity index is 570. The molecule has 4 nitrogen and oxygen atoms in total. The zero-order valence-corrected chi connectivity index (χ0v) is 7.79. The molecule has 1 aliphatic heterocycles. The molecule has 0 radical (unpaired) electrons. The van der Waals surface area contributed by atoms with Gasteiger partial charge in [0.05, 0.1) is 17.2 Å². The van der Waals surface area contributed by atoms with Gasteiger partial charge in [-0.25, -0.2) is 15.0 Å². The predicted octanol–water partition coefficient (Wildman–Crippen LogP) is 2.24. The summed E-state index contributed by atoms with van der Waals surface area (Å²) in [6, 6.07) is 5.68. The van der Waals surface area contributed by atoms with Gasteiger partial charge < -0.3 is 4.74 Å². The van der Waals surface area contributed by atoms with Crippen molar-refractivity contribution in [1.29, 1.82) is 0 Å². The second-order valence-electron chi connectivity index (χ2n) is 3.07. The van der Waals surface area contributed by atoms with E-state index in [0.29, 0.717) is 5.82 Å². The van der Waals surface area contributed by atoms with Crippen molar-refractivity contribution < 1.29 is 4.74 Å². The Morgan fingerprint density at radius 2 is 2.13 bits per heavy atom. The summed E-state index contributed by atoms with van der Waals surface area (Å²) in [7, 11) is 0. The van der Waals surface area contributed by atoms with E-state index in [1.165, 1.54) is 6.33 Å². The van der Waals surface area contributed by atoms with Crippen molar-refractivity contribution in [2.75, 3.05) is 0 Å². The number of nitrogens with zero attached hydrogens (tertiary/aromatic N) is 3. The van der Waals surface area contributed by atoms with Crippen molar-refractivity contribution in [1.82, 2.24) is 9.97 Å². The molecule has 4 heteroatoms. The lowest BCUT2D eigenvalue weighted by Crippen LogP contribution is -1.91. The Balaban J connectivity index is 2.45. The lowest BCUT2D eigenvalue weighted by molar-refractivity contribution is 0.487. The van der Waals surface area contributed by atoms with E-state index in [2.05, 4.69) is 15.0 Å². The fourth-order valence-corrected chi connectivity index (χ4v) is 1.52. The van der Waals surface area contributed by atoms with Crippen molar-refractivity contribution in [3.05, 3.63) is 36.9 Å². The summed E-state index contributed by atoms with van der Waals surface area (Å²) in [5.41, 5.74) is 0.838. The molecule has 0 saturated heterocycles.